The van der Waals surface area contributed by atoms with Crippen LogP contribution in [0.3, 0.4) is 0 Å². The van der Waals surface area contributed by atoms with Crippen LogP contribution in [0.4, 0.5) is 0 Å². The van der Waals surface area contributed by atoms with Gasteiger partial charge in [0.15, 0.2) is 5.84 Å². The van der Waals surface area contributed by atoms with Gasteiger partial charge in [-0.15, -0.1) is 0 Å². The van der Waals surface area contributed by atoms with Crippen LogP contribution < -0.4 is 11.1 Å². The molecule has 1 rings (SSSR count). The highest BCUT2D eigenvalue weighted by atomic mass is 16.5. The van der Waals surface area contributed by atoms with Crippen molar-refractivity contribution in [3.63, 3.8) is 0 Å². The van der Waals surface area contributed by atoms with Crippen LogP contribution in [0, 0.1) is 0 Å². The van der Waals surface area contributed by atoms with Crippen LogP contribution in [0.1, 0.15) is 18.2 Å². The molecule has 1 aromatic heterocycles. The summed E-state index contributed by atoms with van der Waals surface area (Å²) in [4.78, 5) is 4.01. The van der Waals surface area contributed by atoms with Gasteiger partial charge in [-0.25, -0.2) is 0 Å². The van der Waals surface area contributed by atoms with Crippen LogP contribution in [-0.2, 0) is 11.3 Å². The Hall–Kier alpha value is -1.66. The maximum atomic E-state index is 8.56. The molecule has 6 heteroatoms. The van der Waals surface area contributed by atoms with Gasteiger partial charge < -0.3 is 21.0 Å². The molecule has 6 nitrogen and oxygen atoms in total. The van der Waals surface area contributed by atoms with E-state index in [2.05, 4.69) is 15.5 Å². The van der Waals surface area contributed by atoms with Crippen LogP contribution in [0.25, 0.3) is 0 Å². The van der Waals surface area contributed by atoms with Gasteiger partial charge in [0.1, 0.15) is 5.69 Å². The van der Waals surface area contributed by atoms with Crippen LogP contribution >= 0.6 is 0 Å². The first-order chi connectivity index (χ1) is 8.17. The number of nitrogens with zero attached hydrogens (tertiary/aromatic N) is 2. The van der Waals surface area contributed by atoms with E-state index < -0.39 is 0 Å². The van der Waals surface area contributed by atoms with Crippen LogP contribution in [0.5, 0.6) is 0 Å². The first-order valence-corrected chi connectivity index (χ1v) is 5.32. The van der Waals surface area contributed by atoms with Crippen molar-refractivity contribution >= 4 is 5.84 Å². The second kappa shape index (κ2) is 6.82. The van der Waals surface area contributed by atoms with Crippen molar-refractivity contribution < 1.29 is 9.94 Å². The third-order valence-corrected chi connectivity index (χ3v) is 2.27. The van der Waals surface area contributed by atoms with Crippen molar-refractivity contribution in [1.29, 1.82) is 0 Å². The number of pyridine rings is 1. The standard InChI is InChI=1S/C11H18N4O2/c1-8(7-17-2)14-6-9-3-4-13-10(5-9)11(12)15-16/h3-5,8,14,16H,6-7H2,1-2H3,(H2,12,15). The molecular formula is C11H18N4O2. The van der Waals surface area contributed by atoms with Crippen molar-refractivity contribution in [2.45, 2.75) is 19.5 Å². The van der Waals surface area contributed by atoms with E-state index in [0.717, 1.165) is 5.56 Å². The minimum absolute atomic E-state index is 0.0109. The number of hydrogen-bond donors (Lipinski definition) is 3. The zero-order valence-electron chi connectivity index (χ0n) is 10.1. The molecule has 4 N–H and O–H groups in total. The number of aromatic nitrogens is 1. The number of oxime groups is 1. The fraction of sp³-hybridized carbons (Fsp3) is 0.455. The van der Waals surface area contributed by atoms with Crippen molar-refractivity contribution in [3.05, 3.63) is 29.6 Å². The average Bonchev–Trinajstić information content (AvgIpc) is 2.36. The Kier molecular flexibility index (Phi) is 5.38. The van der Waals surface area contributed by atoms with E-state index >= 15 is 0 Å². The number of hydrogen-bond acceptors (Lipinski definition) is 5. The van der Waals surface area contributed by atoms with E-state index in [-0.39, 0.29) is 11.9 Å². The van der Waals surface area contributed by atoms with Gasteiger partial charge >= 0.3 is 0 Å². The largest absolute Gasteiger partial charge is 0.409 e. The summed E-state index contributed by atoms with van der Waals surface area (Å²) in [6.45, 7) is 3.37. The molecule has 0 spiro atoms. The van der Waals surface area contributed by atoms with E-state index in [1.54, 1.807) is 19.4 Å². The molecule has 0 radical (unpaired) electrons. The molecule has 0 bridgehead atoms. The van der Waals surface area contributed by atoms with Crippen molar-refractivity contribution in [3.8, 4) is 0 Å². The zero-order chi connectivity index (χ0) is 12.7. The van der Waals surface area contributed by atoms with E-state index in [0.29, 0.717) is 18.8 Å². The Balaban J connectivity index is 2.60. The number of amidine groups is 1. The summed E-state index contributed by atoms with van der Waals surface area (Å²) >= 11 is 0. The Morgan fingerprint density at radius 3 is 3.12 bits per heavy atom. The Labute approximate surface area is 100 Å². The SMILES string of the molecule is COCC(C)NCc1ccnc(C(N)=NO)c1. The lowest BCUT2D eigenvalue weighted by Gasteiger charge is -2.12. The molecule has 17 heavy (non-hydrogen) atoms. The number of rotatable bonds is 6. The van der Waals surface area contributed by atoms with Gasteiger partial charge in [-0.3, -0.25) is 4.98 Å². The maximum absolute atomic E-state index is 8.56. The van der Waals surface area contributed by atoms with Crippen LogP contribution in [0.2, 0.25) is 0 Å². The summed E-state index contributed by atoms with van der Waals surface area (Å²) < 4.78 is 5.02. The highest BCUT2D eigenvalue weighted by Gasteiger charge is 2.04. The monoisotopic (exact) mass is 238 g/mol. The third-order valence-electron chi connectivity index (χ3n) is 2.27. The van der Waals surface area contributed by atoms with Crippen molar-refractivity contribution in [2.24, 2.45) is 10.9 Å². The predicted molar refractivity (Wildman–Crippen MR) is 64.9 cm³/mol. The van der Waals surface area contributed by atoms with Gasteiger partial charge in [0.25, 0.3) is 0 Å². The zero-order valence-corrected chi connectivity index (χ0v) is 10.1. The lowest BCUT2D eigenvalue weighted by atomic mass is 10.2. The number of nitrogens with two attached hydrogens (primary N) is 1. The molecule has 0 fully saturated rings. The minimum atomic E-state index is 0.0109. The molecule has 0 saturated carbocycles. The molecule has 1 aromatic rings. The Morgan fingerprint density at radius 1 is 1.71 bits per heavy atom. The molecular weight excluding hydrogens is 220 g/mol. The van der Waals surface area contributed by atoms with Gasteiger partial charge in [-0.1, -0.05) is 5.16 Å². The smallest absolute Gasteiger partial charge is 0.188 e. The Morgan fingerprint density at radius 2 is 2.47 bits per heavy atom. The quantitative estimate of drug-likeness (QED) is 0.287. The summed E-state index contributed by atoms with van der Waals surface area (Å²) in [6, 6.07) is 3.92. The fourth-order valence-electron chi connectivity index (χ4n) is 1.38. The van der Waals surface area contributed by atoms with E-state index in [9.17, 15) is 0 Å². The maximum Gasteiger partial charge on any atom is 0.188 e. The highest BCUT2D eigenvalue weighted by Crippen LogP contribution is 2.02. The summed E-state index contributed by atoms with van der Waals surface area (Å²) in [7, 11) is 1.67. The molecule has 0 amide bonds. The highest BCUT2D eigenvalue weighted by molar-refractivity contribution is 5.95. The van der Waals surface area contributed by atoms with Gasteiger partial charge in [0.05, 0.1) is 6.61 Å². The summed E-state index contributed by atoms with van der Waals surface area (Å²) in [5, 5.41) is 14.8. The summed E-state index contributed by atoms with van der Waals surface area (Å²) in [6.07, 6.45) is 1.63. The molecule has 0 saturated heterocycles. The molecule has 0 aliphatic carbocycles. The Bertz CT molecular complexity index is 381. The third kappa shape index (κ3) is 4.38. The van der Waals surface area contributed by atoms with Gasteiger partial charge in [0, 0.05) is 25.9 Å². The molecule has 0 aliphatic heterocycles. The van der Waals surface area contributed by atoms with Gasteiger partial charge in [-0.2, -0.15) is 0 Å². The van der Waals surface area contributed by atoms with E-state index in [4.69, 9.17) is 15.7 Å². The molecule has 0 aromatic carbocycles. The lowest BCUT2D eigenvalue weighted by Crippen LogP contribution is -2.29. The normalized spacial score (nSPS) is 13.6. The van der Waals surface area contributed by atoms with Crippen LogP contribution in [-0.4, -0.2) is 35.8 Å². The topological polar surface area (TPSA) is 92.8 Å². The molecule has 1 heterocycles. The molecule has 94 valence electrons. The molecule has 0 aliphatic rings. The van der Waals surface area contributed by atoms with Crippen molar-refractivity contribution in [2.75, 3.05) is 13.7 Å². The first kappa shape index (κ1) is 13.4. The lowest BCUT2D eigenvalue weighted by molar-refractivity contribution is 0.171. The summed E-state index contributed by atoms with van der Waals surface area (Å²) in [5.41, 5.74) is 6.95. The molecule has 1 atom stereocenters. The minimum Gasteiger partial charge on any atom is -0.409 e. The van der Waals surface area contributed by atoms with Gasteiger partial charge in [-0.05, 0) is 24.6 Å². The number of ether oxygens (including phenoxy) is 1. The molecule has 1 unspecified atom stereocenters. The van der Waals surface area contributed by atoms with Crippen LogP contribution in [0.15, 0.2) is 23.5 Å². The first-order valence-electron chi connectivity index (χ1n) is 5.32. The second-order valence-corrected chi connectivity index (χ2v) is 3.77. The predicted octanol–water partition coefficient (Wildman–Crippen LogP) is 0.301. The second-order valence-electron chi connectivity index (χ2n) is 3.77. The van der Waals surface area contributed by atoms with Gasteiger partial charge in [0.2, 0.25) is 0 Å². The van der Waals surface area contributed by atoms with E-state index in [1.807, 2.05) is 13.0 Å². The average molecular weight is 238 g/mol. The van der Waals surface area contributed by atoms with Crippen molar-refractivity contribution in [1.82, 2.24) is 10.3 Å². The number of nitrogens with one attached hydrogen (secondary N) is 1. The van der Waals surface area contributed by atoms with E-state index in [1.165, 1.54) is 0 Å². The number of methoxy groups -OCH3 is 1. The fourth-order valence-corrected chi connectivity index (χ4v) is 1.38. The summed E-state index contributed by atoms with van der Waals surface area (Å²) in [5.74, 6) is 0.0109.